The number of hydrogen-bond acceptors (Lipinski definition) is 3. The Balaban J connectivity index is 1.92. The molecule has 0 saturated heterocycles. The van der Waals surface area contributed by atoms with E-state index in [-0.39, 0.29) is 17.6 Å². The number of carbonyl (C=O) groups excluding carboxylic acids is 1. The smallest absolute Gasteiger partial charge is 0.313 e. The van der Waals surface area contributed by atoms with Crippen molar-refractivity contribution < 1.29 is 14.6 Å². The Morgan fingerprint density at radius 1 is 0.629 bits per heavy atom. The van der Waals surface area contributed by atoms with Gasteiger partial charge in [0, 0.05) is 0 Å². The SMILES string of the molecule is CCCCCCCCCCCCCCCCCCCCCCC(C(=O)OCC)c1ccc(O)cc1. The van der Waals surface area contributed by atoms with Gasteiger partial charge in [-0.3, -0.25) is 4.79 Å². The lowest BCUT2D eigenvalue weighted by Crippen LogP contribution is -2.16. The Morgan fingerprint density at radius 2 is 1.00 bits per heavy atom. The number of ether oxygens (including phenoxy) is 1. The average Bonchev–Trinajstić information content (AvgIpc) is 2.86. The standard InChI is InChI=1S/C32H56O3/c1-3-5-6-7-8-9-10-11-12-13-14-15-16-17-18-19-20-21-22-23-24-31(32(34)35-4-2)29-25-27-30(33)28-26-29/h25-28,31,33H,3-24H2,1-2H3. The monoisotopic (exact) mass is 488 g/mol. The van der Waals surface area contributed by atoms with E-state index in [0.29, 0.717) is 6.61 Å². The second-order valence-electron chi connectivity index (χ2n) is 10.4. The fourth-order valence-electron chi connectivity index (χ4n) is 4.97. The number of rotatable bonds is 24. The topological polar surface area (TPSA) is 46.5 Å². The highest BCUT2D eigenvalue weighted by Crippen LogP contribution is 2.26. The number of unbranched alkanes of at least 4 members (excludes halogenated alkanes) is 19. The molecule has 1 unspecified atom stereocenters. The molecule has 3 heteroatoms. The molecule has 0 aliphatic heterocycles. The van der Waals surface area contributed by atoms with Gasteiger partial charge in [0.2, 0.25) is 0 Å². The zero-order valence-corrected chi connectivity index (χ0v) is 23.2. The van der Waals surface area contributed by atoms with Gasteiger partial charge in [-0.2, -0.15) is 0 Å². The summed E-state index contributed by atoms with van der Waals surface area (Å²) in [6, 6.07) is 6.98. The summed E-state index contributed by atoms with van der Waals surface area (Å²) in [5.74, 6) is -0.128. The van der Waals surface area contributed by atoms with Crippen LogP contribution in [0.15, 0.2) is 24.3 Å². The summed E-state index contributed by atoms with van der Waals surface area (Å²) >= 11 is 0. The molecule has 1 aromatic rings. The molecule has 0 amide bonds. The molecule has 3 nitrogen and oxygen atoms in total. The van der Waals surface area contributed by atoms with Crippen LogP contribution in [0.3, 0.4) is 0 Å². The van der Waals surface area contributed by atoms with E-state index < -0.39 is 0 Å². The zero-order chi connectivity index (χ0) is 25.4. The highest BCUT2D eigenvalue weighted by atomic mass is 16.5. The van der Waals surface area contributed by atoms with E-state index in [1.54, 1.807) is 12.1 Å². The fraction of sp³-hybridized carbons (Fsp3) is 0.781. The number of hydrogen-bond donors (Lipinski definition) is 1. The van der Waals surface area contributed by atoms with Gasteiger partial charge in [-0.05, 0) is 31.0 Å². The largest absolute Gasteiger partial charge is 0.508 e. The molecular weight excluding hydrogens is 432 g/mol. The van der Waals surface area contributed by atoms with E-state index >= 15 is 0 Å². The molecule has 202 valence electrons. The van der Waals surface area contributed by atoms with Gasteiger partial charge >= 0.3 is 5.97 Å². The van der Waals surface area contributed by atoms with E-state index in [2.05, 4.69) is 6.92 Å². The van der Waals surface area contributed by atoms with Gasteiger partial charge in [-0.25, -0.2) is 0 Å². The van der Waals surface area contributed by atoms with Crippen molar-refractivity contribution >= 4 is 5.97 Å². The summed E-state index contributed by atoms with van der Waals surface area (Å²) in [4.78, 5) is 12.4. The maximum Gasteiger partial charge on any atom is 0.313 e. The summed E-state index contributed by atoms with van der Waals surface area (Å²) < 4.78 is 5.28. The van der Waals surface area contributed by atoms with Gasteiger partial charge in [0.15, 0.2) is 0 Å². The summed E-state index contributed by atoms with van der Waals surface area (Å²) in [6.07, 6.45) is 28.3. The second-order valence-corrected chi connectivity index (χ2v) is 10.4. The Kier molecular flexibility index (Phi) is 20.6. The third kappa shape index (κ3) is 17.5. The van der Waals surface area contributed by atoms with Crippen LogP contribution in [0.4, 0.5) is 0 Å². The van der Waals surface area contributed by atoms with Crippen molar-refractivity contribution in [3.63, 3.8) is 0 Å². The van der Waals surface area contributed by atoms with Crippen molar-refractivity contribution in [1.82, 2.24) is 0 Å². The Hall–Kier alpha value is -1.51. The van der Waals surface area contributed by atoms with Crippen LogP contribution in [0.1, 0.15) is 160 Å². The van der Waals surface area contributed by atoms with Crippen molar-refractivity contribution in [3.05, 3.63) is 29.8 Å². The molecule has 35 heavy (non-hydrogen) atoms. The molecule has 1 N–H and O–H groups in total. The molecule has 0 radical (unpaired) electrons. The van der Waals surface area contributed by atoms with Crippen molar-refractivity contribution in [2.75, 3.05) is 6.61 Å². The maximum atomic E-state index is 12.4. The molecule has 1 rings (SSSR count). The van der Waals surface area contributed by atoms with Gasteiger partial charge in [-0.1, -0.05) is 147 Å². The molecule has 0 aliphatic carbocycles. The maximum absolute atomic E-state index is 12.4. The first-order chi connectivity index (χ1) is 17.2. The second kappa shape index (κ2) is 22.9. The van der Waals surface area contributed by atoms with Crippen LogP contribution in [0.25, 0.3) is 0 Å². The van der Waals surface area contributed by atoms with Crippen molar-refractivity contribution in [3.8, 4) is 5.75 Å². The van der Waals surface area contributed by atoms with Crippen molar-refractivity contribution in [1.29, 1.82) is 0 Å². The molecule has 0 aromatic heterocycles. The first kappa shape index (κ1) is 31.5. The highest BCUT2D eigenvalue weighted by molar-refractivity contribution is 5.78. The van der Waals surface area contributed by atoms with Crippen LogP contribution in [-0.4, -0.2) is 17.7 Å². The molecule has 0 aliphatic rings. The minimum Gasteiger partial charge on any atom is -0.508 e. The van der Waals surface area contributed by atoms with Crippen LogP contribution < -0.4 is 0 Å². The number of benzene rings is 1. The number of phenols is 1. The molecule has 0 saturated carbocycles. The minimum atomic E-state index is -0.217. The van der Waals surface area contributed by atoms with E-state index in [1.165, 1.54) is 122 Å². The lowest BCUT2D eigenvalue weighted by molar-refractivity contribution is -0.145. The zero-order valence-electron chi connectivity index (χ0n) is 23.2. The minimum absolute atomic E-state index is 0.143. The number of phenolic OH excluding ortho intramolecular Hbond substituents is 1. The summed E-state index contributed by atoms with van der Waals surface area (Å²) in [6.45, 7) is 4.55. The molecule has 0 fully saturated rings. The van der Waals surface area contributed by atoms with Gasteiger partial charge in [0.1, 0.15) is 5.75 Å². The summed E-state index contributed by atoms with van der Waals surface area (Å²) in [5.41, 5.74) is 0.944. The van der Waals surface area contributed by atoms with Crippen LogP contribution >= 0.6 is 0 Å². The number of aromatic hydroxyl groups is 1. The Morgan fingerprint density at radius 3 is 1.37 bits per heavy atom. The van der Waals surface area contributed by atoms with Crippen molar-refractivity contribution in [2.45, 2.75) is 155 Å². The van der Waals surface area contributed by atoms with Crippen LogP contribution in [-0.2, 0) is 9.53 Å². The third-order valence-electron chi connectivity index (χ3n) is 7.21. The van der Waals surface area contributed by atoms with Crippen LogP contribution in [0.5, 0.6) is 5.75 Å². The predicted molar refractivity (Wildman–Crippen MR) is 150 cm³/mol. The first-order valence-electron chi connectivity index (χ1n) is 15.1. The normalized spacial score (nSPS) is 12.1. The predicted octanol–water partition coefficient (Wildman–Crippen LogP) is 10.3. The Labute approximate surface area is 217 Å². The number of carbonyl (C=O) groups is 1. The molecule has 1 atom stereocenters. The van der Waals surface area contributed by atoms with Gasteiger partial charge in [0.25, 0.3) is 0 Å². The van der Waals surface area contributed by atoms with Crippen molar-refractivity contribution in [2.24, 2.45) is 0 Å². The molecule has 0 bridgehead atoms. The highest BCUT2D eigenvalue weighted by Gasteiger charge is 2.21. The molecular formula is C32H56O3. The summed E-state index contributed by atoms with van der Waals surface area (Å²) in [7, 11) is 0. The van der Waals surface area contributed by atoms with Crippen LogP contribution in [0.2, 0.25) is 0 Å². The average molecular weight is 489 g/mol. The van der Waals surface area contributed by atoms with E-state index in [1.807, 2.05) is 19.1 Å². The van der Waals surface area contributed by atoms with E-state index in [4.69, 9.17) is 4.74 Å². The lowest BCUT2D eigenvalue weighted by Gasteiger charge is -2.16. The van der Waals surface area contributed by atoms with Gasteiger partial charge < -0.3 is 9.84 Å². The fourth-order valence-corrected chi connectivity index (χ4v) is 4.97. The van der Waals surface area contributed by atoms with Crippen LogP contribution in [0, 0.1) is 0 Å². The third-order valence-corrected chi connectivity index (χ3v) is 7.21. The van der Waals surface area contributed by atoms with Gasteiger partial charge in [-0.15, -0.1) is 0 Å². The Bertz CT molecular complexity index is 595. The van der Waals surface area contributed by atoms with E-state index in [9.17, 15) is 9.90 Å². The molecule has 1 aromatic carbocycles. The number of esters is 1. The lowest BCUT2D eigenvalue weighted by atomic mass is 9.92. The first-order valence-corrected chi connectivity index (χ1v) is 15.1. The van der Waals surface area contributed by atoms with E-state index in [0.717, 1.165) is 18.4 Å². The quantitative estimate of drug-likeness (QED) is 0.116. The van der Waals surface area contributed by atoms with Gasteiger partial charge in [0.05, 0.1) is 12.5 Å². The summed E-state index contributed by atoms with van der Waals surface area (Å²) in [5, 5.41) is 9.52. The molecule has 0 spiro atoms. The molecule has 0 heterocycles.